The van der Waals surface area contributed by atoms with Crippen LogP contribution >= 0.6 is 0 Å². The first kappa shape index (κ1) is 19.8. The molecule has 33 heavy (non-hydrogen) atoms. The minimum absolute atomic E-state index is 0.704. The Balaban J connectivity index is 1.27. The molecule has 6 rings (SSSR count). The summed E-state index contributed by atoms with van der Waals surface area (Å²) >= 11 is 0. The maximum atomic E-state index is 4.88. The van der Waals surface area contributed by atoms with Crippen molar-refractivity contribution in [3.05, 3.63) is 114 Å². The highest BCUT2D eigenvalue weighted by Crippen LogP contribution is 2.26. The van der Waals surface area contributed by atoms with Crippen LogP contribution in [0.2, 0.25) is 0 Å². The number of pyridine rings is 1. The molecule has 0 spiro atoms. The highest BCUT2D eigenvalue weighted by atomic mass is 15.1. The standard InChI is InChI=1S/C28H25N5/c1-2-8-21(9-3-1)17-33-19-23(24-10-4-5-12-27(24)33)18-32-15-13-22-16-30-28(31-26(22)20-32)25-11-6-7-14-29-25/h1-12,14,16,19H,13,15,17-18,20H2. The molecule has 0 unspecified atom stereocenters. The van der Waals surface area contributed by atoms with Crippen LogP contribution in [0.4, 0.5) is 0 Å². The summed E-state index contributed by atoms with van der Waals surface area (Å²) < 4.78 is 2.37. The molecule has 162 valence electrons. The Morgan fingerprint density at radius 3 is 2.55 bits per heavy atom. The minimum atomic E-state index is 0.704. The maximum Gasteiger partial charge on any atom is 0.178 e. The van der Waals surface area contributed by atoms with Crippen LogP contribution < -0.4 is 0 Å². The third kappa shape index (κ3) is 4.03. The van der Waals surface area contributed by atoms with E-state index in [9.17, 15) is 0 Å². The monoisotopic (exact) mass is 431 g/mol. The molecule has 0 radical (unpaired) electrons. The highest BCUT2D eigenvalue weighted by Gasteiger charge is 2.21. The van der Waals surface area contributed by atoms with Crippen molar-refractivity contribution in [3.8, 4) is 11.5 Å². The van der Waals surface area contributed by atoms with E-state index in [1.807, 2.05) is 24.4 Å². The number of hydrogen-bond donors (Lipinski definition) is 0. The molecule has 2 aromatic carbocycles. The zero-order chi connectivity index (χ0) is 22.0. The van der Waals surface area contributed by atoms with Crippen LogP contribution in [0.1, 0.15) is 22.4 Å². The average molecular weight is 432 g/mol. The van der Waals surface area contributed by atoms with Crippen LogP contribution in [-0.4, -0.2) is 31.0 Å². The Hall–Kier alpha value is -3.83. The van der Waals surface area contributed by atoms with Gasteiger partial charge in [0.05, 0.1) is 5.69 Å². The molecule has 1 aliphatic heterocycles. The average Bonchev–Trinajstić information content (AvgIpc) is 3.21. The molecule has 3 aromatic heterocycles. The second kappa shape index (κ2) is 8.60. The Morgan fingerprint density at radius 1 is 0.818 bits per heavy atom. The number of para-hydroxylation sites is 1. The molecule has 0 saturated carbocycles. The number of rotatable bonds is 5. The molecule has 0 N–H and O–H groups in total. The first-order valence-electron chi connectivity index (χ1n) is 11.4. The van der Waals surface area contributed by atoms with Gasteiger partial charge in [0.1, 0.15) is 5.69 Å². The van der Waals surface area contributed by atoms with Gasteiger partial charge in [-0.05, 0) is 41.3 Å². The third-order valence-electron chi connectivity index (χ3n) is 6.38. The number of hydrogen-bond acceptors (Lipinski definition) is 4. The van der Waals surface area contributed by atoms with Gasteiger partial charge < -0.3 is 4.57 Å². The topological polar surface area (TPSA) is 46.8 Å². The second-order valence-corrected chi connectivity index (χ2v) is 8.63. The molecule has 0 amide bonds. The van der Waals surface area contributed by atoms with Crippen LogP contribution in [-0.2, 0) is 26.1 Å². The van der Waals surface area contributed by atoms with Crippen molar-refractivity contribution >= 4 is 10.9 Å². The number of aromatic nitrogens is 4. The SMILES string of the molecule is c1ccc(Cn2cc(CN3CCc4cnc(-c5ccccn5)nc4C3)c3ccccc32)cc1. The van der Waals surface area contributed by atoms with Gasteiger partial charge in [0.25, 0.3) is 0 Å². The lowest BCUT2D eigenvalue weighted by Crippen LogP contribution is -2.31. The predicted octanol–water partition coefficient (Wildman–Crippen LogP) is 5.10. The summed E-state index contributed by atoms with van der Waals surface area (Å²) in [7, 11) is 0. The first-order chi connectivity index (χ1) is 16.3. The molecule has 1 aliphatic rings. The van der Waals surface area contributed by atoms with Gasteiger partial charge in [-0.1, -0.05) is 54.6 Å². The van der Waals surface area contributed by atoms with Crippen LogP contribution in [0.3, 0.4) is 0 Å². The van der Waals surface area contributed by atoms with E-state index in [1.165, 1.54) is 27.6 Å². The van der Waals surface area contributed by atoms with E-state index >= 15 is 0 Å². The van der Waals surface area contributed by atoms with Gasteiger partial charge in [0, 0.05) is 55.7 Å². The molecule has 5 nitrogen and oxygen atoms in total. The van der Waals surface area contributed by atoms with E-state index in [2.05, 4.69) is 80.2 Å². The van der Waals surface area contributed by atoms with Gasteiger partial charge in [-0.25, -0.2) is 9.97 Å². The fourth-order valence-corrected chi connectivity index (χ4v) is 4.71. The number of benzene rings is 2. The van der Waals surface area contributed by atoms with Crippen molar-refractivity contribution in [1.82, 2.24) is 24.4 Å². The van der Waals surface area contributed by atoms with Crippen molar-refractivity contribution in [2.24, 2.45) is 0 Å². The lowest BCUT2D eigenvalue weighted by Gasteiger charge is -2.27. The molecule has 0 saturated heterocycles. The maximum absolute atomic E-state index is 4.88. The van der Waals surface area contributed by atoms with Crippen LogP contribution in [0, 0.1) is 0 Å². The smallest absolute Gasteiger partial charge is 0.178 e. The van der Waals surface area contributed by atoms with Crippen LogP contribution in [0.15, 0.2) is 91.4 Å². The Kier molecular flexibility index (Phi) is 5.17. The Labute approximate surface area is 193 Å². The molecule has 0 aliphatic carbocycles. The second-order valence-electron chi connectivity index (χ2n) is 8.63. The molecule has 0 bridgehead atoms. The van der Waals surface area contributed by atoms with E-state index in [1.54, 1.807) is 6.20 Å². The van der Waals surface area contributed by atoms with Gasteiger partial charge in [-0.3, -0.25) is 9.88 Å². The largest absolute Gasteiger partial charge is 0.343 e. The summed E-state index contributed by atoms with van der Waals surface area (Å²) in [5.41, 5.74) is 7.15. The summed E-state index contributed by atoms with van der Waals surface area (Å²) in [6, 6.07) is 25.2. The van der Waals surface area contributed by atoms with Gasteiger partial charge in [-0.15, -0.1) is 0 Å². The first-order valence-corrected chi connectivity index (χ1v) is 11.4. The molecule has 4 heterocycles. The molecule has 5 heteroatoms. The van der Waals surface area contributed by atoms with E-state index in [0.29, 0.717) is 5.82 Å². The summed E-state index contributed by atoms with van der Waals surface area (Å²) in [5.74, 6) is 0.704. The summed E-state index contributed by atoms with van der Waals surface area (Å²) in [6.07, 6.45) is 7.07. The fraction of sp³-hybridized carbons (Fsp3) is 0.179. The zero-order valence-electron chi connectivity index (χ0n) is 18.4. The van der Waals surface area contributed by atoms with E-state index in [-0.39, 0.29) is 0 Å². The lowest BCUT2D eigenvalue weighted by atomic mass is 10.1. The Bertz CT molecular complexity index is 1390. The van der Waals surface area contributed by atoms with Gasteiger partial charge in [0.2, 0.25) is 0 Å². The third-order valence-corrected chi connectivity index (χ3v) is 6.38. The van der Waals surface area contributed by atoms with Crippen molar-refractivity contribution in [2.75, 3.05) is 6.54 Å². The van der Waals surface area contributed by atoms with Crippen LogP contribution in [0.25, 0.3) is 22.4 Å². The van der Waals surface area contributed by atoms with Crippen molar-refractivity contribution in [3.63, 3.8) is 0 Å². The van der Waals surface area contributed by atoms with Crippen molar-refractivity contribution < 1.29 is 0 Å². The predicted molar refractivity (Wildman–Crippen MR) is 131 cm³/mol. The quantitative estimate of drug-likeness (QED) is 0.388. The van der Waals surface area contributed by atoms with Gasteiger partial charge >= 0.3 is 0 Å². The molecule has 5 aromatic rings. The highest BCUT2D eigenvalue weighted by molar-refractivity contribution is 5.84. The van der Waals surface area contributed by atoms with Gasteiger partial charge in [0.15, 0.2) is 5.82 Å². The summed E-state index contributed by atoms with van der Waals surface area (Å²) in [5, 5.41) is 1.33. The van der Waals surface area contributed by atoms with Gasteiger partial charge in [-0.2, -0.15) is 0 Å². The zero-order valence-corrected chi connectivity index (χ0v) is 18.4. The number of fused-ring (bicyclic) bond motifs is 2. The molecule has 0 fully saturated rings. The molecule has 0 atom stereocenters. The van der Waals surface area contributed by atoms with Crippen molar-refractivity contribution in [2.45, 2.75) is 26.1 Å². The number of nitrogens with zero attached hydrogens (tertiary/aromatic N) is 5. The minimum Gasteiger partial charge on any atom is -0.343 e. The van der Waals surface area contributed by atoms with E-state index in [4.69, 9.17) is 4.98 Å². The van der Waals surface area contributed by atoms with E-state index < -0.39 is 0 Å². The lowest BCUT2D eigenvalue weighted by molar-refractivity contribution is 0.242. The molecular weight excluding hydrogens is 406 g/mol. The molecular formula is C28H25N5. The van der Waals surface area contributed by atoms with Crippen molar-refractivity contribution in [1.29, 1.82) is 0 Å². The van der Waals surface area contributed by atoms with Crippen LogP contribution in [0.5, 0.6) is 0 Å². The fourth-order valence-electron chi connectivity index (χ4n) is 4.71. The summed E-state index contributed by atoms with van der Waals surface area (Å²) in [4.78, 5) is 16.3. The Morgan fingerprint density at radius 2 is 1.67 bits per heavy atom. The summed E-state index contributed by atoms with van der Waals surface area (Å²) in [6.45, 7) is 3.63. The van der Waals surface area contributed by atoms with E-state index in [0.717, 1.165) is 44.0 Å². The normalized spacial score (nSPS) is 13.8.